The topological polar surface area (TPSA) is 52.5 Å². The molecule has 0 radical (unpaired) electrons. The van der Waals surface area contributed by atoms with Gasteiger partial charge in [0, 0.05) is 23.6 Å². The normalized spacial score (nSPS) is 14.3. The van der Waals surface area contributed by atoms with E-state index in [4.69, 9.17) is 5.11 Å². The molecule has 2 aromatic carbocycles. The van der Waals surface area contributed by atoms with Gasteiger partial charge in [0.2, 0.25) is 0 Å². The number of aliphatic hydroxyl groups is 1. The van der Waals surface area contributed by atoms with Gasteiger partial charge in [-0.15, -0.1) is 0 Å². The van der Waals surface area contributed by atoms with Crippen molar-refractivity contribution < 1.29 is 10.2 Å². The predicted octanol–water partition coefficient (Wildman–Crippen LogP) is 3.21. The van der Waals surface area contributed by atoms with Crippen molar-refractivity contribution in [2.24, 2.45) is 5.92 Å². The second-order valence-electron chi connectivity index (χ2n) is 5.47. The van der Waals surface area contributed by atoms with Gasteiger partial charge in [-0.1, -0.05) is 43.3 Å². The fourth-order valence-corrected chi connectivity index (χ4v) is 2.43. The van der Waals surface area contributed by atoms with Crippen LogP contribution in [0.25, 0.3) is 10.8 Å². The van der Waals surface area contributed by atoms with Gasteiger partial charge >= 0.3 is 0 Å². The monoisotopic (exact) mass is 273 g/mol. The average molecular weight is 273 g/mol. The van der Waals surface area contributed by atoms with Gasteiger partial charge in [-0.3, -0.25) is 0 Å². The molecule has 2 rings (SSSR count). The Morgan fingerprint density at radius 2 is 1.85 bits per heavy atom. The van der Waals surface area contributed by atoms with Crippen molar-refractivity contribution in [1.29, 1.82) is 0 Å². The van der Waals surface area contributed by atoms with E-state index in [1.54, 1.807) is 0 Å². The second-order valence-corrected chi connectivity index (χ2v) is 5.47. The first kappa shape index (κ1) is 14.8. The number of hydrogen-bond acceptors (Lipinski definition) is 3. The summed E-state index contributed by atoms with van der Waals surface area (Å²) in [5.74, 6) is 0.781. The quantitative estimate of drug-likeness (QED) is 0.757. The average Bonchev–Trinajstić information content (AvgIpc) is 2.46. The van der Waals surface area contributed by atoms with Crippen LogP contribution < -0.4 is 5.32 Å². The first-order valence-electron chi connectivity index (χ1n) is 7.18. The molecule has 0 aliphatic carbocycles. The highest BCUT2D eigenvalue weighted by molar-refractivity contribution is 5.89. The minimum Gasteiger partial charge on any atom is -0.507 e. The Hall–Kier alpha value is -1.58. The van der Waals surface area contributed by atoms with Crippen LogP contribution in [-0.4, -0.2) is 23.4 Å². The molecule has 0 aromatic heterocycles. The van der Waals surface area contributed by atoms with Gasteiger partial charge in [-0.2, -0.15) is 0 Å². The number of aliphatic hydroxyl groups excluding tert-OH is 1. The van der Waals surface area contributed by atoms with Crippen molar-refractivity contribution in [2.45, 2.75) is 26.3 Å². The van der Waals surface area contributed by atoms with Crippen LogP contribution in [0.2, 0.25) is 0 Å². The minimum atomic E-state index is 0.0840. The highest BCUT2D eigenvalue weighted by Gasteiger charge is 2.13. The third-order valence-electron chi connectivity index (χ3n) is 3.79. The van der Waals surface area contributed by atoms with E-state index < -0.39 is 0 Å². The van der Waals surface area contributed by atoms with E-state index in [9.17, 15) is 5.11 Å². The first-order valence-corrected chi connectivity index (χ1v) is 7.18. The van der Waals surface area contributed by atoms with Gasteiger partial charge in [0.25, 0.3) is 0 Å². The smallest absolute Gasteiger partial charge is 0.128 e. The highest BCUT2D eigenvalue weighted by atomic mass is 16.3. The molecule has 0 bridgehead atoms. The molecular formula is C17H23NO2. The number of rotatable bonds is 6. The second kappa shape index (κ2) is 6.73. The van der Waals surface area contributed by atoms with Crippen molar-refractivity contribution in [3.8, 4) is 5.75 Å². The number of benzene rings is 2. The van der Waals surface area contributed by atoms with Crippen molar-refractivity contribution in [2.75, 3.05) is 13.2 Å². The van der Waals surface area contributed by atoms with Gasteiger partial charge in [-0.05, 0) is 31.2 Å². The van der Waals surface area contributed by atoms with Crippen molar-refractivity contribution in [3.63, 3.8) is 0 Å². The summed E-state index contributed by atoms with van der Waals surface area (Å²) in [4.78, 5) is 0. The molecule has 0 aliphatic rings. The minimum absolute atomic E-state index is 0.0840. The van der Waals surface area contributed by atoms with Crippen LogP contribution in [0.5, 0.6) is 5.75 Å². The Balaban J connectivity index is 2.14. The summed E-state index contributed by atoms with van der Waals surface area (Å²) in [5, 5.41) is 24.7. The maximum atomic E-state index is 10.4. The molecule has 108 valence electrons. The molecule has 0 aliphatic heterocycles. The van der Waals surface area contributed by atoms with E-state index in [0.29, 0.717) is 11.7 Å². The van der Waals surface area contributed by atoms with E-state index in [1.165, 1.54) is 0 Å². The molecule has 0 amide bonds. The molecule has 0 saturated heterocycles. The fraction of sp³-hybridized carbons (Fsp3) is 0.412. The summed E-state index contributed by atoms with van der Waals surface area (Å²) < 4.78 is 0. The lowest BCUT2D eigenvalue weighted by molar-refractivity contribution is 0.258. The molecule has 0 spiro atoms. The van der Waals surface area contributed by atoms with Gasteiger partial charge in [-0.25, -0.2) is 0 Å². The molecule has 0 saturated carbocycles. The van der Waals surface area contributed by atoms with Crippen molar-refractivity contribution >= 4 is 10.8 Å². The molecule has 0 heterocycles. The van der Waals surface area contributed by atoms with E-state index >= 15 is 0 Å². The lowest BCUT2D eigenvalue weighted by Gasteiger charge is -2.19. The Morgan fingerprint density at radius 3 is 2.60 bits per heavy atom. The lowest BCUT2D eigenvalue weighted by atomic mass is 10.0. The van der Waals surface area contributed by atoms with Crippen molar-refractivity contribution in [3.05, 3.63) is 42.0 Å². The van der Waals surface area contributed by atoms with Crippen LogP contribution in [0.4, 0.5) is 0 Å². The fourth-order valence-electron chi connectivity index (χ4n) is 2.43. The molecule has 2 unspecified atom stereocenters. The Kier molecular flexibility index (Phi) is 4.99. The lowest BCUT2D eigenvalue weighted by Crippen LogP contribution is -2.25. The van der Waals surface area contributed by atoms with Gasteiger partial charge in [0.1, 0.15) is 5.75 Å². The summed E-state index contributed by atoms with van der Waals surface area (Å²) in [7, 11) is 0. The highest BCUT2D eigenvalue weighted by Crippen LogP contribution is 2.32. The van der Waals surface area contributed by atoms with Crippen LogP contribution in [0.15, 0.2) is 36.4 Å². The van der Waals surface area contributed by atoms with Crippen molar-refractivity contribution in [1.82, 2.24) is 5.32 Å². The third kappa shape index (κ3) is 3.30. The summed E-state index contributed by atoms with van der Waals surface area (Å²) in [6, 6.07) is 12.0. The van der Waals surface area contributed by atoms with Crippen LogP contribution >= 0.6 is 0 Å². The number of hydrogen-bond donors (Lipinski definition) is 3. The third-order valence-corrected chi connectivity index (χ3v) is 3.79. The Bertz CT molecular complexity index is 568. The molecule has 3 heteroatoms. The summed E-state index contributed by atoms with van der Waals surface area (Å²) >= 11 is 0. The van der Waals surface area contributed by atoms with Crippen LogP contribution in [0.1, 0.15) is 31.9 Å². The van der Waals surface area contributed by atoms with E-state index in [-0.39, 0.29) is 12.6 Å². The van der Waals surface area contributed by atoms with Gasteiger partial charge in [0.15, 0.2) is 0 Å². The summed E-state index contributed by atoms with van der Waals surface area (Å²) in [5.41, 5.74) is 0.917. The number of aromatic hydroxyl groups is 1. The number of phenols is 1. The van der Waals surface area contributed by atoms with Crippen LogP contribution in [-0.2, 0) is 0 Å². The first-order chi connectivity index (χ1) is 9.63. The molecule has 3 nitrogen and oxygen atoms in total. The number of phenolic OH excluding ortho intramolecular Hbond substituents is 1. The standard InChI is InChI=1S/C17H23NO2/c1-12(9-10-19)11-18-13(2)15-8-7-14-5-3-4-6-16(14)17(15)20/h3-8,12-13,18-20H,9-11H2,1-2H3. The maximum absolute atomic E-state index is 10.4. The van der Waals surface area contributed by atoms with Crippen LogP contribution in [0, 0.1) is 5.92 Å². The summed E-state index contributed by atoms with van der Waals surface area (Å²) in [6.45, 7) is 5.21. The molecule has 0 fully saturated rings. The Labute approximate surface area is 120 Å². The largest absolute Gasteiger partial charge is 0.507 e. The molecule has 3 N–H and O–H groups in total. The van der Waals surface area contributed by atoms with E-state index in [0.717, 1.165) is 29.3 Å². The van der Waals surface area contributed by atoms with Gasteiger partial charge < -0.3 is 15.5 Å². The zero-order valence-corrected chi connectivity index (χ0v) is 12.1. The summed E-state index contributed by atoms with van der Waals surface area (Å²) in [6.07, 6.45) is 0.795. The molecule has 2 aromatic rings. The molecular weight excluding hydrogens is 250 g/mol. The number of fused-ring (bicyclic) bond motifs is 1. The maximum Gasteiger partial charge on any atom is 0.128 e. The zero-order valence-electron chi connectivity index (χ0n) is 12.1. The molecule has 2 atom stereocenters. The number of nitrogens with one attached hydrogen (secondary N) is 1. The van der Waals surface area contributed by atoms with Gasteiger partial charge in [0.05, 0.1) is 0 Å². The van der Waals surface area contributed by atoms with E-state index in [1.807, 2.05) is 36.4 Å². The van der Waals surface area contributed by atoms with Crippen LogP contribution in [0.3, 0.4) is 0 Å². The van der Waals surface area contributed by atoms with E-state index in [2.05, 4.69) is 19.2 Å². The predicted molar refractivity (Wildman–Crippen MR) is 82.9 cm³/mol. The zero-order chi connectivity index (χ0) is 14.5. The Morgan fingerprint density at radius 1 is 1.10 bits per heavy atom. The SMILES string of the molecule is CC(CCO)CNC(C)c1ccc2ccccc2c1O. The molecule has 20 heavy (non-hydrogen) atoms.